The van der Waals surface area contributed by atoms with Gasteiger partial charge in [0.25, 0.3) is 0 Å². The summed E-state index contributed by atoms with van der Waals surface area (Å²) in [5, 5.41) is 31.8. The van der Waals surface area contributed by atoms with Gasteiger partial charge < -0.3 is 15.5 Å². The number of benzene rings is 1. The zero-order chi connectivity index (χ0) is 13.2. The molecule has 0 amide bonds. The highest BCUT2D eigenvalue weighted by Gasteiger charge is 2.45. The van der Waals surface area contributed by atoms with Gasteiger partial charge in [-0.1, -0.05) is 24.3 Å². The van der Waals surface area contributed by atoms with Crippen molar-refractivity contribution in [2.24, 2.45) is 0 Å². The maximum atomic E-state index is 10.0. The van der Waals surface area contributed by atoms with Crippen LogP contribution in [0.4, 0.5) is 0 Å². The maximum Gasteiger partial charge on any atom is 0.106 e. The molecule has 0 spiro atoms. The second-order valence-electron chi connectivity index (χ2n) is 4.89. The fourth-order valence-electron chi connectivity index (χ4n) is 2.15. The Hall–Kier alpha value is -1.41. The highest BCUT2D eigenvalue weighted by molar-refractivity contribution is 5.41. The van der Waals surface area contributed by atoms with Crippen molar-refractivity contribution >= 4 is 0 Å². The first-order valence-corrected chi connectivity index (χ1v) is 6.15. The fraction of sp³-hybridized carbons (Fsp3) is 0.500. The zero-order valence-electron chi connectivity index (χ0n) is 10.4. The number of likely N-dealkylation sites (N-methyl/N-ethyl adjacent to an activating group) is 1. The van der Waals surface area contributed by atoms with Crippen LogP contribution < -0.4 is 5.32 Å². The van der Waals surface area contributed by atoms with Crippen LogP contribution in [0.15, 0.2) is 24.3 Å². The van der Waals surface area contributed by atoms with Crippen molar-refractivity contribution in [3.05, 3.63) is 35.4 Å². The van der Waals surface area contributed by atoms with E-state index in [4.69, 9.17) is 5.26 Å². The Morgan fingerprint density at radius 3 is 2.72 bits per heavy atom. The van der Waals surface area contributed by atoms with E-state index >= 15 is 0 Å². The van der Waals surface area contributed by atoms with Crippen LogP contribution in [0.3, 0.4) is 0 Å². The van der Waals surface area contributed by atoms with Gasteiger partial charge in [-0.25, -0.2) is 0 Å². The van der Waals surface area contributed by atoms with Crippen LogP contribution in [0.2, 0.25) is 0 Å². The number of nitrogens with zero attached hydrogens (tertiary/aromatic N) is 1. The number of aliphatic hydroxyl groups is 2. The third kappa shape index (κ3) is 2.39. The Balaban J connectivity index is 2.20. The number of aliphatic hydroxyl groups excluding tert-OH is 2. The SMILES string of the molecule is CNCC(O)C(O)c1cccc(C2(C#N)CC2)c1. The molecular formula is C14H18N2O2. The highest BCUT2D eigenvalue weighted by Crippen LogP contribution is 2.47. The summed E-state index contributed by atoms with van der Waals surface area (Å²) >= 11 is 0. The molecule has 1 aromatic rings. The summed E-state index contributed by atoms with van der Waals surface area (Å²) in [7, 11) is 1.72. The number of nitriles is 1. The third-order valence-electron chi connectivity index (χ3n) is 3.52. The molecule has 0 aromatic heterocycles. The zero-order valence-corrected chi connectivity index (χ0v) is 10.4. The molecule has 0 heterocycles. The van der Waals surface area contributed by atoms with Gasteiger partial charge in [-0.2, -0.15) is 5.26 Å². The summed E-state index contributed by atoms with van der Waals surface area (Å²) in [4.78, 5) is 0. The molecule has 1 aliphatic rings. The Morgan fingerprint density at radius 1 is 1.44 bits per heavy atom. The van der Waals surface area contributed by atoms with Crippen LogP contribution in [0, 0.1) is 11.3 Å². The van der Waals surface area contributed by atoms with Crippen LogP contribution >= 0.6 is 0 Å². The molecular weight excluding hydrogens is 228 g/mol. The summed E-state index contributed by atoms with van der Waals surface area (Å²) < 4.78 is 0. The van der Waals surface area contributed by atoms with Gasteiger partial charge in [-0.3, -0.25) is 0 Å². The third-order valence-corrected chi connectivity index (χ3v) is 3.52. The molecule has 2 atom stereocenters. The molecule has 0 saturated heterocycles. The molecule has 4 nitrogen and oxygen atoms in total. The minimum atomic E-state index is -0.924. The molecule has 0 aliphatic heterocycles. The van der Waals surface area contributed by atoms with Gasteiger partial charge >= 0.3 is 0 Å². The number of hydrogen-bond acceptors (Lipinski definition) is 4. The fourth-order valence-corrected chi connectivity index (χ4v) is 2.15. The highest BCUT2D eigenvalue weighted by atomic mass is 16.3. The van der Waals surface area contributed by atoms with E-state index in [-0.39, 0.29) is 5.41 Å². The molecule has 0 bridgehead atoms. The molecule has 3 N–H and O–H groups in total. The molecule has 4 heteroatoms. The molecule has 2 unspecified atom stereocenters. The van der Waals surface area contributed by atoms with E-state index in [9.17, 15) is 10.2 Å². The number of hydrogen-bond donors (Lipinski definition) is 3. The minimum Gasteiger partial charge on any atom is -0.389 e. The average molecular weight is 246 g/mol. The lowest BCUT2D eigenvalue weighted by molar-refractivity contribution is 0.0202. The molecule has 96 valence electrons. The van der Waals surface area contributed by atoms with Crippen molar-refractivity contribution in [1.82, 2.24) is 5.32 Å². The largest absolute Gasteiger partial charge is 0.389 e. The quantitative estimate of drug-likeness (QED) is 0.720. The first kappa shape index (κ1) is 13.0. The van der Waals surface area contributed by atoms with Gasteiger partial charge in [0.2, 0.25) is 0 Å². The Bertz CT molecular complexity index is 463. The first-order valence-electron chi connectivity index (χ1n) is 6.15. The maximum absolute atomic E-state index is 10.0. The van der Waals surface area contributed by atoms with Crippen molar-refractivity contribution in [3.63, 3.8) is 0 Å². The molecule has 1 saturated carbocycles. The van der Waals surface area contributed by atoms with Crippen LogP contribution in [0.25, 0.3) is 0 Å². The lowest BCUT2D eigenvalue weighted by Gasteiger charge is -2.19. The van der Waals surface area contributed by atoms with Crippen molar-refractivity contribution in [2.75, 3.05) is 13.6 Å². The van der Waals surface area contributed by atoms with Gasteiger partial charge in [0, 0.05) is 6.54 Å². The molecule has 1 fully saturated rings. The number of nitrogens with one attached hydrogen (secondary N) is 1. The van der Waals surface area contributed by atoms with Gasteiger partial charge in [-0.15, -0.1) is 0 Å². The van der Waals surface area contributed by atoms with Gasteiger partial charge in [0.05, 0.1) is 17.6 Å². The second kappa shape index (κ2) is 5.07. The van der Waals surface area contributed by atoms with Crippen molar-refractivity contribution in [1.29, 1.82) is 5.26 Å². The second-order valence-corrected chi connectivity index (χ2v) is 4.89. The van der Waals surface area contributed by atoms with Gasteiger partial charge in [0.1, 0.15) is 6.10 Å². The molecule has 0 radical (unpaired) electrons. The van der Waals surface area contributed by atoms with Gasteiger partial charge in [-0.05, 0) is 31.0 Å². The summed E-state index contributed by atoms with van der Waals surface area (Å²) in [5.41, 5.74) is 1.25. The summed E-state index contributed by atoms with van der Waals surface area (Å²) in [6, 6.07) is 9.69. The van der Waals surface area contributed by atoms with E-state index in [0.717, 1.165) is 18.4 Å². The topological polar surface area (TPSA) is 76.3 Å². The van der Waals surface area contributed by atoms with Crippen LogP contribution in [-0.4, -0.2) is 29.9 Å². The normalized spacial score (nSPS) is 19.9. The molecule has 2 rings (SSSR count). The number of rotatable bonds is 5. The van der Waals surface area contributed by atoms with E-state index in [1.54, 1.807) is 13.1 Å². The lowest BCUT2D eigenvalue weighted by atomic mass is 9.93. The minimum absolute atomic E-state index is 0.328. The lowest BCUT2D eigenvalue weighted by Crippen LogP contribution is -2.29. The van der Waals surface area contributed by atoms with Gasteiger partial charge in [0.15, 0.2) is 0 Å². The van der Waals surface area contributed by atoms with Crippen molar-refractivity contribution in [3.8, 4) is 6.07 Å². The van der Waals surface area contributed by atoms with E-state index < -0.39 is 12.2 Å². The predicted octanol–water partition coefficient (Wildman–Crippen LogP) is 0.855. The standard InChI is InChI=1S/C14H18N2O2/c1-16-8-12(17)13(18)10-3-2-4-11(7-10)14(9-15)5-6-14/h2-4,7,12-13,16-18H,5-6,8H2,1H3. The van der Waals surface area contributed by atoms with E-state index in [0.29, 0.717) is 12.1 Å². The molecule has 1 aromatic carbocycles. The monoisotopic (exact) mass is 246 g/mol. The summed E-state index contributed by atoms with van der Waals surface area (Å²) in [6.45, 7) is 0.328. The van der Waals surface area contributed by atoms with Crippen LogP contribution in [0.1, 0.15) is 30.1 Å². The van der Waals surface area contributed by atoms with E-state index in [1.165, 1.54) is 0 Å². The van der Waals surface area contributed by atoms with Crippen LogP contribution in [0.5, 0.6) is 0 Å². The molecule has 1 aliphatic carbocycles. The summed E-state index contributed by atoms with van der Waals surface area (Å²) in [6.07, 6.45) is -0.0149. The van der Waals surface area contributed by atoms with E-state index in [2.05, 4.69) is 11.4 Å². The average Bonchev–Trinajstić information content (AvgIpc) is 3.19. The Morgan fingerprint density at radius 2 is 2.17 bits per heavy atom. The van der Waals surface area contributed by atoms with Crippen molar-refractivity contribution < 1.29 is 10.2 Å². The van der Waals surface area contributed by atoms with Crippen molar-refractivity contribution in [2.45, 2.75) is 30.5 Å². The first-order chi connectivity index (χ1) is 8.63. The van der Waals surface area contributed by atoms with E-state index in [1.807, 2.05) is 18.2 Å². The summed E-state index contributed by atoms with van der Waals surface area (Å²) in [5.74, 6) is 0. The van der Waals surface area contributed by atoms with Crippen LogP contribution in [-0.2, 0) is 5.41 Å². The smallest absolute Gasteiger partial charge is 0.106 e. The predicted molar refractivity (Wildman–Crippen MR) is 67.9 cm³/mol. The molecule has 18 heavy (non-hydrogen) atoms. The Labute approximate surface area is 107 Å². The Kier molecular flexibility index (Phi) is 3.67.